The standard InChI is InChI=1S/C14H10BrClN2O3/c1-8-2-4-10(18(20)21)7-13(8)17-14(19)11-6-9(15)3-5-12(11)16/h2-7H,1H3,(H,17,19). The van der Waals surface area contributed by atoms with Crippen LogP contribution in [0.3, 0.4) is 0 Å². The first-order valence-corrected chi connectivity index (χ1v) is 7.07. The lowest BCUT2D eigenvalue weighted by atomic mass is 10.1. The smallest absolute Gasteiger partial charge is 0.271 e. The van der Waals surface area contributed by atoms with E-state index < -0.39 is 10.8 Å². The summed E-state index contributed by atoms with van der Waals surface area (Å²) in [5.74, 6) is -0.426. The van der Waals surface area contributed by atoms with Gasteiger partial charge in [0.05, 0.1) is 21.2 Å². The summed E-state index contributed by atoms with van der Waals surface area (Å²) < 4.78 is 0.716. The first kappa shape index (κ1) is 15.5. The molecule has 0 atom stereocenters. The molecule has 0 aliphatic carbocycles. The number of carbonyl (C=O) groups excluding carboxylic acids is 1. The normalized spacial score (nSPS) is 10.2. The quantitative estimate of drug-likeness (QED) is 0.636. The number of hydrogen-bond acceptors (Lipinski definition) is 3. The highest BCUT2D eigenvalue weighted by Crippen LogP contribution is 2.25. The highest BCUT2D eigenvalue weighted by Gasteiger charge is 2.14. The average Bonchev–Trinajstić information content (AvgIpc) is 2.43. The molecular formula is C14H10BrClN2O3. The van der Waals surface area contributed by atoms with Crippen LogP contribution in [0.15, 0.2) is 40.9 Å². The topological polar surface area (TPSA) is 72.2 Å². The number of rotatable bonds is 3. The van der Waals surface area contributed by atoms with Gasteiger partial charge in [0.25, 0.3) is 11.6 Å². The number of nitrogens with one attached hydrogen (secondary N) is 1. The van der Waals surface area contributed by atoms with Crippen molar-refractivity contribution in [1.29, 1.82) is 0 Å². The van der Waals surface area contributed by atoms with Crippen molar-refractivity contribution >= 4 is 44.8 Å². The van der Waals surface area contributed by atoms with E-state index in [0.29, 0.717) is 15.2 Å². The summed E-state index contributed by atoms with van der Waals surface area (Å²) in [4.78, 5) is 22.5. The van der Waals surface area contributed by atoms with Gasteiger partial charge in [-0.15, -0.1) is 0 Å². The highest BCUT2D eigenvalue weighted by atomic mass is 79.9. The van der Waals surface area contributed by atoms with E-state index in [1.165, 1.54) is 12.1 Å². The maximum absolute atomic E-state index is 12.2. The molecule has 0 heterocycles. The second-order valence-corrected chi connectivity index (χ2v) is 5.66. The van der Waals surface area contributed by atoms with Gasteiger partial charge in [-0.25, -0.2) is 0 Å². The lowest BCUT2D eigenvalue weighted by molar-refractivity contribution is -0.384. The van der Waals surface area contributed by atoms with Gasteiger partial charge in [0, 0.05) is 16.6 Å². The maximum Gasteiger partial charge on any atom is 0.271 e. The van der Waals surface area contributed by atoms with Crippen molar-refractivity contribution in [2.75, 3.05) is 5.32 Å². The van der Waals surface area contributed by atoms with E-state index in [0.717, 1.165) is 5.56 Å². The van der Waals surface area contributed by atoms with Crippen LogP contribution in [0.5, 0.6) is 0 Å². The van der Waals surface area contributed by atoms with Crippen LogP contribution < -0.4 is 5.32 Å². The van der Waals surface area contributed by atoms with Crippen LogP contribution in [0, 0.1) is 17.0 Å². The summed E-state index contributed by atoms with van der Waals surface area (Å²) in [5.41, 5.74) is 1.30. The van der Waals surface area contributed by atoms with E-state index in [9.17, 15) is 14.9 Å². The molecule has 0 fully saturated rings. The van der Waals surface area contributed by atoms with Gasteiger partial charge in [0.2, 0.25) is 0 Å². The largest absolute Gasteiger partial charge is 0.321 e. The minimum atomic E-state index is -0.513. The fourth-order valence-electron chi connectivity index (χ4n) is 1.72. The van der Waals surface area contributed by atoms with Gasteiger partial charge in [0.1, 0.15) is 0 Å². The zero-order chi connectivity index (χ0) is 15.6. The number of non-ortho nitro benzene ring substituents is 1. The molecule has 2 rings (SSSR count). The molecule has 0 spiro atoms. The first-order chi connectivity index (χ1) is 9.88. The number of benzene rings is 2. The van der Waals surface area contributed by atoms with Crippen LogP contribution >= 0.6 is 27.5 Å². The highest BCUT2D eigenvalue weighted by molar-refractivity contribution is 9.10. The number of hydrogen-bond donors (Lipinski definition) is 1. The molecule has 0 radical (unpaired) electrons. The van der Waals surface area contributed by atoms with Gasteiger partial charge in [0.15, 0.2) is 0 Å². The molecule has 2 aromatic rings. The molecule has 0 aromatic heterocycles. The van der Waals surface area contributed by atoms with Crippen molar-refractivity contribution in [1.82, 2.24) is 0 Å². The van der Waals surface area contributed by atoms with Crippen molar-refractivity contribution in [3.63, 3.8) is 0 Å². The van der Waals surface area contributed by atoms with E-state index >= 15 is 0 Å². The second kappa shape index (κ2) is 6.24. The molecule has 0 unspecified atom stereocenters. The molecule has 0 saturated heterocycles. The third-order valence-electron chi connectivity index (χ3n) is 2.85. The molecule has 7 heteroatoms. The van der Waals surface area contributed by atoms with E-state index in [1.54, 1.807) is 31.2 Å². The van der Waals surface area contributed by atoms with Gasteiger partial charge in [-0.05, 0) is 30.7 Å². The van der Waals surface area contributed by atoms with Crippen LogP contribution in [0.4, 0.5) is 11.4 Å². The van der Waals surface area contributed by atoms with Crippen molar-refractivity contribution in [2.24, 2.45) is 0 Å². The molecule has 2 aromatic carbocycles. The number of nitro groups is 1. The number of anilines is 1. The third kappa shape index (κ3) is 3.59. The number of nitro benzene ring substituents is 1. The number of aryl methyl sites for hydroxylation is 1. The number of carbonyl (C=O) groups is 1. The number of halogens is 2. The summed E-state index contributed by atoms with van der Waals surface area (Å²) in [6.07, 6.45) is 0. The fourth-order valence-corrected chi connectivity index (χ4v) is 2.28. The molecular weight excluding hydrogens is 360 g/mol. The van der Waals surface area contributed by atoms with E-state index in [4.69, 9.17) is 11.6 Å². The average molecular weight is 370 g/mol. The summed E-state index contributed by atoms with van der Waals surface area (Å²) in [7, 11) is 0. The Morgan fingerprint density at radius 3 is 2.67 bits per heavy atom. The lowest BCUT2D eigenvalue weighted by Crippen LogP contribution is -2.13. The van der Waals surface area contributed by atoms with Crippen LogP contribution in [-0.2, 0) is 0 Å². The number of nitrogens with zero attached hydrogens (tertiary/aromatic N) is 1. The summed E-state index contributed by atoms with van der Waals surface area (Å²) in [6, 6.07) is 9.19. The Balaban J connectivity index is 2.33. The van der Waals surface area contributed by atoms with E-state index in [1.807, 2.05) is 0 Å². The molecule has 0 aliphatic rings. The Bertz CT molecular complexity index is 734. The van der Waals surface area contributed by atoms with E-state index in [2.05, 4.69) is 21.2 Å². The van der Waals surface area contributed by atoms with Gasteiger partial charge < -0.3 is 5.32 Å². The van der Waals surface area contributed by atoms with Gasteiger partial charge in [-0.1, -0.05) is 33.6 Å². The van der Waals surface area contributed by atoms with Crippen molar-refractivity contribution in [2.45, 2.75) is 6.92 Å². The molecule has 108 valence electrons. The Kier molecular flexibility index (Phi) is 4.59. The second-order valence-electron chi connectivity index (χ2n) is 4.33. The Morgan fingerprint density at radius 1 is 1.29 bits per heavy atom. The van der Waals surface area contributed by atoms with Gasteiger partial charge in [-0.3, -0.25) is 14.9 Å². The molecule has 0 aliphatic heterocycles. The molecule has 5 nitrogen and oxygen atoms in total. The van der Waals surface area contributed by atoms with Crippen molar-refractivity contribution < 1.29 is 9.72 Å². The Labute approximate surface area is 134 Å². The molecule has 0 saturated carbocycles. The van der Waals surface area contributed by atoms with E-state index in [-0.39, 0.29) is 11.3 Å². The Hall–Kier alpha value is -1.92. The summed E-state index contributed by atoms with van der Waals surface area (Å²) in [6.45, 7) is 1.75. The summed E-state index contributed by atoms with van der Waals surface area (Å²) >= 11 is 9.26. The van der Waals surface area contributed by atoms with Gasteiger partial charge >= 0.3 is 0 Å². The molecule has 21 heavy (non-hydrogen) atoms. The fraction of sp³-hybridized carbons (Fsp3) is 0.0714. The molecule has 1 N–H and O–H groups in total. The third-order valence-corrected chi connectivity index (χ3v) is 3.68. The van der Waals surface area contributed by atoms with Crippen LogP contribution in [0.25, 0.3) is 0 Å². The molecule has 0 bridgehead atoms. The lowest BCUT2D eigenvalue weighted by Gasteiger charge is -2.09. The zero-order valence-electron chi connectivity index (χ0n) is 10.9. The summed E-state index contributed by atoms with van der Waals surface area (Å²) in [5, 5.41) is 13.7. The minimum absolute atomic E-state index is 0.0868. The SMILES string of the molecule is Cc1ccc([N+](=O)[O-])cc1NC(=O)c1cc(Br)ccc1Cl. The van der Waals surface area contributed by atoms with Crippen molar-refractivity contribution in [3.8, 4) is 0 Å². The predicted octanol–water partition coefficient (Wildman–Crippen LogP) is 4.57. The molecule has 1 amide bonds. The Morgan fingerprint density at radius 2 is 2.00 bits per heavy atom. The monoisotopic (exact) mass is 368 g/mol. The first-order valence-electron chi connectivity index (χ1n) is 5.90. The zero-order valence-corrected chi connectivity index (χ0v) is 13.2. The van der Waals surface area contributed by atoms with Crippen LogP contribution in [0.1, 0.15) is 15.9 Å². The minimum Gasteiger partial charge on any atom is -0.321 e. The maximum atomic E-state index is 12.2. The van der Waals surface area contributed by atoms with Crippen molar-refractivity contribution in [3.05, 3.63) is 67.1 Å². The predicted molar refractivity (Wildman–Crippen MR) is 84.9 cm³/mol. The van der Waals surface area contributed by atoms with Crippen LogP contribution in [0.2, 0.25) is 5.02 Å². The van der Waals surface area contributed by atoms with Gasteiger partial charge in [-0.2, -0.15) is 0 Å². The number of amides is 1. The van der Waals surface area contributed by atoms with Crippen LogP contribution in [-0.4, -0.2) is 10.8 Å².